The fourth-order valence-electron chi connectivity index (χ4n) is 3.37. The van der Waals surface area contributed by atoms with Gasteiger partial charge in [0, 0.05) is 30.7 Å². The van der Waals surface area contributed by atoms with Crippen LogP contribution in [-0.2, 0) is 12.8 Å². The standard InChI is InChI=1S/C22H24F3N3O4/c1-3-5-15-17(8-7-16-18(12-22(23,24)25)32-27-20(15)16)31-11-4-10-28(2)19-9-6-14(13-26-19)21(29)30/h6-9,13H,3-5,10-12H2,1-2H3,(H,29,30). The maximum absolute atomic E-state index is 12.8. The van der Waals surface area contributed by atoms with Crippen LogP contribution in [0.2, 0.25) is 0 Å². The molecule has 1 N–H and O–H groups in total. The minimum atomic E-state index is -4.37. The number of aromatic nitrogens is 2. The van der Waals surface area contributed by atoms with Gasteiger partial charge in [0.2, 0.25) is 0 Å². The van der Waals surface area contributed by atoms with E-state index in [1.807, 2.05) is 18.9 Å². The molecule has 3 rings (SSSR count). The summed E-state index contributed by atoms with van der Waals surface area (Å²) < 4.78 is 49.2. The first-order valence-corrected chi connectivity index (χ1v) is 10.2. The maximum atomic E-state index is 12.8. The molecule has 7 nitrogen and oxygen atoms in total. The molecule has 0 amide bonds. The molecule has 0 radical (unpaired) electrons. The van der Waals surface area contributed by atoms with Gasteiger partial charge in [-0.3, -0.25) is 0 Å². The zero-order valence-corrected chi connectivity index (χ0v) is 17.8. The largest absolute Gasteiger partial charge is 0.493 e. The van der Waals surface area contributed by atoms with Gasteiger partial charge in [-0.2, -0.15) is 13.2 Å². The summed E-state index contributed by atoms with van der Waals surface area (Å²) in [5.74, 6) is -0.00211. The van der Waals surface area contributed by atoms with Crippen LogP contribution in [0.1, 0.15) is 41.4 Å². The molecular formula is C22H24F3N3O4. The number of carboxylic acids is 1. The van der Waals surface area contributed by atoms with Crippen molar-refractivity contribution in [2.24, 2.45) is 0 Å². The Bertz CT molecular complexity index is 1060. The summed E-state index contributed by atoms with van der Waals surface area (Å²) in [6.07, 6.45) is -2.20. The summed E-state index contributed by atoms with van der Waals surface area (Å²) in [4.78, 5) is 16.9. The number of carbonyl (C=O) groups is 1. The number of benzene rings is 1. The van der Waals surface area contributed by atoms with E-state index in [1.54, 1.807) is 18.2 Å². The van der Waals surface area contributed by atoms with Gasteiger partial charge in [0.15, 0.2) is 5.76 Å². The Balaban J connectivity index is 1.64. The fourth-order valence-corrected chi connectivity index (χ4v) is 3.37. The van der Waals surface area contributed by atoms with Crippen molar-refractivity contribution < 1.29 is 32.3 Å². The predicted octanol–water partition coefficient (Wildman–Crippen LogP) is 4.88. The average Bonchev–Trinajstić information content (AvgIpc) is 3.13. The summed E-state index contributed by atoms with van der Waals surface area (Å²) in [5, 5.41) is 13.2. The molecule has 3 aromatic rings. The van der Waals surface area contributed by atoms with E-state index in [0.717, 1.165) is 12.0 Å². The number of hydrogen-bond donors (Lipinski definition) is 1. The topological polar surface area (TPSA) is 88.7 Å². The molecule has 1 aromatic carbocycles. The lowest BCUT2D eigenvalue weighted by Gasteiger charge is -2.18. The van der Waals surface area contributed by atoms with Crippen molar-refractivity contribution in [3.63, 3.8) is 0 Å². The van der Waals surface area contributed by atoms with Gasteiger partial charge in [-0.25, -0.2) is 9.78 Å². The molecule has 0 fully saturated rings. The highest BCUT2D eigenvalue weighted by atomic mass is 19.4. The lowest BCUT2D eigenvalue weighted by Crippen LogP contribution is -2.21. The number of aromatic carboxylic acids is 1. The second-order valence-corrected chi connectivity index (χ2v) is 7.42. The molecule has 0 aliphatic heterocycles. The highest BCUT2D eigenvalue weighted by molar-refractivity contribution is 5.87. The van der Waals surface area contributed by atoms with E-state index in [9.17, 15) is 18.0 Å². The summed E-state index contributed by atoms with van der Waals surface area (Å²) >= 11 is 0. The van der Waals surface area contributed by atoms with E-state index in [2.05, 4.69) is 10.1 Å². The van der Waals surface area contributed by atoms with Crippen LogP contribution >= 0.6 is 0 Å². The molecule has 0 aliphatic rings. The van der Waals surface area contributed by atoms with Gasteiger partial charge in [0.1, 0.15) is 23.5 Å². The lowest BCUT2D eigenvalue weighted by atomic mass is 10.0. The van der Waals surface area contributed by atoms with Crippen LogP contribution in [0, 0.1) is 0 Å². The Morgan fingerprint density at radius 2 is 2.03 bits per heavy atom. The smallest absolute Gasteiger partial charge is 0.396 e. The molecular weight excluding hydrogens is 427 g/mol. The molecule has 0 aliphatic carbocycles. The van der Waals surface area contributed by atoms with Crippen molar-refractivity contribution in [2.75, 3.05) is 25.1 Å². The van der Waals surface area contributed by atoms with Crippen molar-refractivity contribution in [1.29, 1.82) is 0 Å². The first-order chi connectivity index (χ1) is 15.2. The second-order valence-electron chi connectivity index (χ2n) is 7.42. The first kappa shape index (κ1) is 23.4. The molecule has 10 heteroatoms. The summed E-state index contributed by atoms with van der Waals surface area (Å²) in [6.45, 7) is 2.97. The van der Waals surface area contributed by atoms with Crippen molar-refractivity contribution in [3.8, 4) is 5.75 Å². The lowest BCUT2D eigenvalue weighted by molar-refractivity contribution is -0.130. The number of alkyl halides is 3. The van der Waals surface area contributed by atoms with Crippen LogP contribution in [0.3, 0.4) is 0 Å². The summed E-state index contributed by atoms with van der Waals surface area (Å²) in [5.41, 5.74) is 1.26. The maximum Gasteiger partial charge on any atom is 0.396 e. The van der Waals surface area contributed by atoms with Gasteiger partial charge in [-0.15, -0.1) is 0 Å². The Labute approximate surface area is 182 Å². The van der Waals surface area contributed by atoms with E-state index in [1.165, 1.54) is 12.3 Å². The predicted molar refractivity (Wildman–Crippen MR) is 112 cm³/mol. The van der Waals surface area contributed by atoms with Gasteiger partial charge in [-0.05, 0) is 37.1 Å². The van der Waals surface area contributed by atoms with Crippen LogP contribution in [0.5, 0.6) is 5.75 Å². The zero-order chi connectivity index (χ0) is 23.3. The monoisotopic (exact) mass is 451 g/mol. The molecule has 32 heavy (non-hydrogen) atoms. The Kier molecular flexibility index (Phi) is 7.22. The Morgan fingerprint density at radius 1 is 1.25 bits per heavy atom. The van der Waals surface area contributed by atoms with Crippen LogP contribution in [0.25, 0.3) is 10.9 Å². The molecule has 0 saturated heterocycles. The highest BCUT2D eigenvalue weighted by Gasteiger charge is 2.31. The van der Waals surface area contributed by atoms with Gasteiger partial charge < -0.3 is 19.3 Å². The van der Waals surface area contributed by atoms with Crippen molar-refractivity contribution in [1.82, 2.24) is 10.1 Å². The van der Waals surface area contributed by atoms with E-state index in [-0.39, 0.29) is 11.3 Å². The van der Waals surface area contributed by atoms with Gasteiger partial charge in [-0.1, -0.05) is 18.5 Å². The quantitative estimate of drug-likeness (QED) is 0.439. The van der Waals surface area contributed by atoms with E-state index >= 15 is 0 Å². The molecule has 0 spiro atoms. The number of anilines is 1. The van der Waals surface area contributed by atoms with E-state index < -0.39 is 18.6 Å². The second kappa shape index (κ2) is 9.88. The third kappa shape index (κ3) is 5.68. The minimum absolute atomic E-state index is 0.121. The number of pyridine rings is 1. The Morgan fingerprint density at radius 3 is 2.66 bits per heavy atom. The fraction of sp³-hybridized carbons (Fsp3) is 0.409. The minimum Gasteiger partial charge on any atom is -0.493 e. The van der Waals surface area contributed by atoms with Crippen LogP contribution in [0.15, 0.2) is 35.0 Å². The first-order valence-electron chi connectivity index (χ1n) is 10.2. The van der Waals surface area contributed by atoms with Crippen LogP contribution in [0.4, 0.5) is 19.0 Å². The van der Waals surface area contributed by atoms with E-state index in [4.69, 9.17) is 14.4 Å². The summed E-state index contributed by atoms with van der Waals surface area (Å²) in [6, 6.07) is 6.36. The molecule has 2 heterocycles. The highest BCUT2D eigenvalue weighted by Crippen LogP contribution is 2.33. The number of ether oxygens (including phenoxy) is 1. The number of aryl methyl sites for hydroxylation is 1. The number of halogens is 3. The zero-order valence-electron chi connectivity index (χ0n) is 17.8. The molecule has 172 valence electrons. The van der Waals surface area contributed by atoms with Crippen molar-refractivity contribution in [2.45, 2.75) is 38.8 Å². The number of hydrogen-bond acceptors (Lipinski definition) is 6. The number of carboxylic acid groups (broad SMARTS) is 1. The average molecular weight is 451 g/mol. The normalized spacial score (nSPS) is 11.7. The number of nitrogens with zero attached hydrogens (tertiary/aromatic N) is 3. The van der Waals surface area contributed by atoms with E-state index in [0.29, 0.717) is 48.5 Å². The number of rotatable bonds is 10. The van der Waals surface area contributed by atoms with Crippen molar-refractivity contribution in [3.05, 3.63) is 47.3 Å². The Hall–Kier alpha value is -3.30. The molecule has 0 bridgehead atoms. The molecule has 0 atom stereocenters. The molecule has 2 aromatic heterocycles. The van der Waals surface area contributed by atoms with Gasteiger partial charge >= 0.3 is 12.1 Å². The van der Waals surface area contributed by atoms with Crippen LogP contribution < -0.4 is 9.64 Å². The third-order valence-corrected chi connectivity index (χ3v) is 4.93. The van der Waals surface area contributed by atoms with Crippen molar-refractivity contribution >= 4 is 22.7 Å². The number of fused-ring (bicyclic) bond motifs is 1. The van der Waals surface area contributed by atoms with Gasteiger partial charge in [0.05, 0.1) is 12.2 Å². The summed E-state index contributed by atoms with van der Waals surface area (Å²) in [7, 11) is 1.84. The molecule has 0 saturated carbocycles. The van der Waals surface area contributed by atoms with Gasteiger partial charge in [0.25, 0.3) is 0 Å². The molecule has 0 unspecified atom stereocenters. The SMILES string of the molecule is CCCc1c(OCCCN(C)c2ccc(C(=O)O)cn2)ccc2c(CC(F)(F)F)onc12. The van der Waals surface area contributed by atoms with Crippen LogP contribution in [-0.4, -0.2) is 47.6 Å². The third-order valence-electron chi connectivity index (χ3n) is 4.93.